The van der Waals surface area contributed by atoms with E-state index in [4.69, 9.17) is 4.74 Å². The zero-order chi connectivity index (χ0) is 27.1. The molecule has 0 aromatic heterocycles. The highest BCUT2D eigenvalue weighted by Gasteiger charge is 2.43. The Morgan fingerprint density at radius 1 is 1.13 bits per heavy atom. The highest BCUT2D eigenvalue weighted by molar-refractivity contribution is 5.88. The monoisotopic (exact) mass is 526 g/mol. The lowest BCUT2D eigenvalue weighted by Gasteiger charge is -2.39. The lowest BCUT2D eigenvalue weighted by atomic mass is 9.89. The summed E-state index contributed by atoms with van der Waals surface area (Å²) in [5, 5.41) is 14.6. The van der Waals surface area contributed by atoms with E-state index in [2.05, 4.69) is 17.7 Å². The molecule has 0 spiro atoms. The summed E-state index contributed by atoms with van der Waals surface area (Å²) in [6.45, 7) is 4.73. The van der Waals surface area contributed by atoms with Crippen molar-refractivity contribution in [2.75, 3.05) is 33.4 Å². The number of aryl methyl sites for hydroxylation is 1. The van der Waals surface area contributed by atoms with Gasteiger partial charge in [-0.05, 0) is 67.5 Å². The molecule has 0 bridgehead atoms. The molecule has 8 nitrogen and oxygen atoms in total. The maximum atomic E-state index is 13.8. The molecule has 4 rings (SSSR count). The summed E-state index contributed by atoms with van der Waals surface area (Å²) < 4.78 is 18.9. The number of nitrogens with zero attached hydrogens (tertiary/aromatic N) is 2. The van der Waals surface area contributed by atoms with Crippen LogP contribution in [0.5, 0.6) is 5.75 Å². The van der Waals surface area contributed by atoms with Crippen molar-refractivity contribution >= 4 is 11.8 Å². The largest absolute Gasteiger partial charge is 0.508 e. The molecule has 3 unspecified atom stereocenters. The molecular formula is C29H39FN4O4. The van der Waals surface area contributed by atoms with E-state index in [1.807, 2.05) is 24.2 Å². The van der Waals surface area contributed by atoms with Crippen LogP contribution < -0.4 is 10.7 Å². The molecule has 2 aromatic carbocycles. The number of hydrazine groups is 1. The highest BCUT2D eigenvalue weighted by atomic mass is 19.1. The van der Waals surface area contributed by atoms with Gasteiger partial charge in [-0.3, -0.25) is 15.0 Å². The molecule has 0 radical (unpaired) electrons. The SMILES string of the molecule is CC1C(C(C(=O)NCc2ccc(F)cc2)N(CC2CCOCC2)C(=O)CCc2ccc(O)cc2)CNN1C. The number of phenols is 1. The van der Waals surface area contributed by atoms with Gasteiger partial charge in [-0.25, -0.2) is 9.40 Å². The minimum atomic E-state index is -0.655. The first-order valence-corrected chi connectivity index (χ1v) is 13.5. The number of ether oxygens (including phenoxy) is 1. The number of rotatable bonds is 10. The van der Waals surface area contributed by atoms with Crippen LogP contribution in [0, 0.1) is 17.7 Å². The predicted molar refractivity (Wildman–Crippen MR) is 142 cm³/mol. The number of aromatic hydroxyl groups is 1. The molecule has 3 N–H and O–H groups in total. The van der Waals surface area contributed by atoms with Crippen molar-refractivity contribution < 1.29 is 23.8 Å². The van der Waals surface area contributed by atoms with Crippen molar-refractivity contribution in [3.63, 3.8) is 0 Å². The standard InChI is InChI=1S/C29H39FN4O4/c1-20-26(18-32-33(20)2)28(29(37)31-17-22-3-8-24(30)9-4-22)34(19-23-13-15-38-16-14-23)27(36)12-7-21-5-10-25(35)11-6-21/h3-6,8-11,20,23,26,28,32,35H,7,12-19H2,1-2H3,(H,31,37). The van der Waals surface area contributed by atoms with Gasteiger partial charge in [-0.2, -0.15) is 0 Å². The Labute approximate surface area is 224 Å². The maximum absolute atomic E-state index is 13.8. The molecule has 2 heterocycles. The Bertz CT molecular complexity index is 1060. The van der Waals surface area contributed by atoms with Crippen LogP contribution in [0.2, 0.25) is 0 Å². The number of phenolic OH excluding ortho intramolecular Hbond substituents is 1. The number of hydrogen-bond acceptors (Lipinski definition) is 6. The van der Waals surface area contributed by atoms with E-state index in [-0.39, 0.29) is 54.2 Å². The van der Waals surface area contributed by atoms with Crippen LogP contribution in [0.1, 0.15) is 37.3 Å². The summed E-state index contributed by atoms with van der Waals surface area (Å²) >= 11 is 0. The van der Waals surface area contributed by atoms with Crippen molar-refractivity contribution in [3.8, 4) is 5.75 Å². The maximum Gasteiger partial charge on any atom is 0.243 e. The number of carbonyl (C=O) groups is 2. The van der Waals surface area contributed by atoms with Crippen LogP contribution >= 0.6 is 0 Å². The van der Waals surface area contributed by atoms with Gasteiger partial charge in [0.1, 0.15) is 17.6 Å². The van der Waals surface area contributed by atoms with E-state index in [0.29, 0.717) is 32.7 Å². The van der Waals surface area contributed by atoms with Crippen LogP contribution in [-0.2, 0) is 27.3 Å². The molecule has 9 heteroatoms. The van der Waals surface area contributed by atoms with Crippen molar-refractivity contribution in [2.24, 2.45) is 11.8 Å². The van der Waals surface area contributed by atoms with Crippen molar-refractivity contribution in [2.45, 2.75) is 51.2 Å². The zero-order valence-electron chi connectivity index (χ0n) is 22.2. The molecule has 2 aliphatic heterocycles. The number of nitrogens with one attached hydrogen (secondary N) is 2. The van der Waals surface area contributed by atoms with E-state index in [1.165, 1.54) is 12.1 Å². The molecule has 206 valence electrons. The number of amides is 2. The topological polar surface area (TPSA) is 94.1 Å². The number of benzene rings is 2. The Hall–Kier alpha value is -3.01. The predicted octanol–water partition coefficient (Wildman–Crippen LogP) is 2.86. The number of carbonyl (C=O) groups excluding carboxylic acids is 2. The Morgan fingerprint density at radius 2 is 1.79 bits per heavy atom. The van der Waals surface area contributed by atoms with Gasteiger partial charge in [-0.15, -0.1) is 0 Å². The van der Waals surface area contributed by atoms with Gasteiger partial charge in [0.25, 0.3) is 0 Å². The first kappa shape index (κ1) is 28.0. The Kier molecular flexibility index (Phi) is 9.71. The van der Waals surface area contributed by atoms with Gasteiger partial charge < -0.3 is 20.1 Å². The molecule has 3 atom stereocenters. The molecule has 2 amide bonds. The van der Waals surface area contributed by atoms with E-state index in [0.717, 1.165) is 24.0 Å². The summed E-state index contributed by atoms with van der Waals surface area (Å²) in [6.07, 6.45) is 2.49. The first-order chi connectivity index (χ1) is 18.3. The van der Waals surface area contributed by atoms with Crippen LogP contribution in [0.3, 0.4) is 0 Å². The summed E-state index contributed by atoms with van der Waals surface area (Å²) in [7, 11) is 1.95. The van der Waals surface area contributed by atoms with Gasteiger partial charge in [0.2, 0.25) is 11.8 Å². The third-order valence-electron chi connectivity index (χ3n) is 7.88. The lowest BCUT2D eigenvalue weighted by Crippen LogP contribution is -2.57. The average molecular weight is 527 g/mol. The highest BCUT2D eigenvalue weighted by Crippen LogP contribution is 2.27. The zero-order valence-corrected chi connectivity index (χ0v) is 22.2. The molecule has 2 saturated heterocycles. The fraction of sp³-hybridized carbons (Fsp3) is 0.517. The minimum Gasteiger partial charge on any atom is -0.508 e. The van der Waals surface area contributed by atoms with E-state index < -0.39 is 6.04 Å². The molecule has 0 saturated carbocycles. The fourth-order valence-electron chi connectivity index (χ4n) is 5.32. The fourth-order valence-corrected chi connectivity index (χ4v) is 5.32. The van der Waals surface area contributed by atoms with E-state index >= 15 is 0 Å². The Balaban J connectivity index is 1.56. The normalized spacial score (nSPS) is 21.2. The molecule has 2 fully saturated rings. The van der Waals surface area contributed by atoms with Gasteiger partial charge in [0.15, 0.2) is 0 Å². The van der Waals surface area contributed by atoms with Crippen molar-refractivity contribution in [1.82, 2.24) is 20.7 Å². The summed E-state index contributed by atoms with van der Waals surface area (Å²) in [4.78, 5) is 29.5. The van der Waals surface area contributed by atoms with Gasteiger partial charge in [-0.1, -0.05) is 24.3 Å². The third kappa shape index (κ3) is 7.30. The molecule has 38 heavy (non-hydrogen) atoms. The lowest BCUT2D eigenvalue weighted by molar-refractivity contribution is -0.144. The van der Waals surface area contributed by atoms with Gasteiger partial charge in [0, 0.05) is 58.3 Å². The van der Waals surface area contributed by atoms with Crippen LogP contribution in [0.15, 0.2) is 48.5 Å². The van der Waals surface area contributed by atoms with Gasteiger partial charge in [0.05, 0.1) is 0 Å². The quantitative estimate of drug-likeness (QED) is 0.441. The third-order valence-corrected chi connectivity index (χ3v) is 7.88. The average Bonchev–Trinajstić information content (AvgIpc) is 3.25. The summed E-state index contributed by atoms with van der Waals surface area (Å²) in [5.74, 6) is -0.247. The summed E-state index contributed by atoms with van der Waals surface area (Å²) in [6, 6.07) is 12.3. The molecule has 2 aliphatic rings. The number of hydrogen-bond donors (Lipinski definition) is 3. The van der Waals surface area contributed by atoms with Crippen LogP contribution in [-0.4, -0.2) is 72.3 Å². The van der Waals surface area contributed by atoms with Crippen LogP contribution in [0.25, 0.3) is 0 Å². The first-order valence-electron chi connectivity index (χ1n) is 13.5. The molecule has 0 aliphatic carbocycles. The Morgan fingerprint density at radius 3 is 2.42 bits per heavy atom. The molecular weight excluding hydrogens is 487 g/mol. The van der Waals surface area contributed by atoms with E-state index in [9.17, 15) is 19.1 Å². The smallest absolute Gasteiger partial charge is 0.243 e. The molecule has 2 aromatic rings. The minimum absolute atomic E-state index is 0.0404. The second-order valence-electron chi connectivity index (χ2n) is 10.4. The van der Waals surface area contributed by atoms with Crippen molar-refractivity contribution in [3.05, 3.63) is 65.5 Å². The second-order valence-corrected chi connectivity index (χ2v) is 10.4. The van der Waals surface area contributed by atoms with Gasteiger partial charge >= 0.3 is 0 Å². The van der Waals surface area contributed by atoms with E-state index in [1.54, 1.807) is 29.2 Å². The summed E-state index contributed by atoms with van der Waals surface area (Å²) in [5.41, 5.74) is 5.07. The number of halogens is 1. The second kappa shape index (κ2) is 13.2. The van der Waals surface area contributed by atoms with Crippen LogP contribution in [0.4, 0.5) is 4.39 Å². The van der Waals surface area contributed by atoms with Crippen molar-refractivity contribution in [1.29, 1.82) is 0 Å².